The first kappa shape index (κ1) is 19.5. The molecule has 0 atom stereocenters. The van der Waals surface area contributed by atoms with Gasteiger partial charge in [0.15, 0.2) is 0 Å². The minimum Gasteiger partial charge on any atom is -0.494 e. The van der Waals surface area contributed by atoms with Gasteiger partial charge in [0.25, 0.3) is 0 Å². The number of piperidine rings is 1. The third-order valence-electron chi connectivity index (χ3n) is 5.45. The van der Waals surface area contributed by atoms with Crippen LogP contribution in [0.3, 0.4) is 0 Å². The summed E-state index contributed by atoms with van der Waals surface area (Å²) in [6, 6.07) is 13.8. The van der Waals surface area contributed by atoms with Gasteiger partial charge >= 0.3 is 0 Å². The predicted octanol–water partition coefficient (Wildman–Crippen LogP) is 4.12. The third kappa shape index (κ3) is 4.77. The standard InChI is InChI=1S/C23H28N4O2/c1-3-29-19-7-5-18(6-8-19)24-23(28)17-10-12-27(13-11-17)15-22-25-20-9-4-16(2)14-21(20)26-22/h4-9,14,17H,3,10-13,15H2,1-2H3,(H,24,28)(H,25,26). The van der Waals surface area contributed by atoms with Crippen molar-refractivity contribution in [2.75, 3.05) is 25.0 Å². The molecule has 4 rings (SSSR count). The highest BCUT2D eigenvalue weighted by atomic mass is 16.5. The Morgan fingerprint density at radius 3 is 2.69 bits per heavy atom. The zero-order valence-electron chi connectivity index (χ0n) is 17.1. The number of anilines is 1. The lowest BCUT2D eigenvalue weighted by molar-refractivity contribution is -0.121. The molecule has 29 heavy (non-hydrogen) atoms. The SMILES string of the molecule is CCOc1ccc(NC(=O)C2CCN(Cc3nc4ccc(C)cc4[nH]3)CC2)cc1. The van der Waals surface area contributed by atoms with Gasteiger partial charge in [-0.3, -0.25) is 9.69 Å². The summed E-state index contributed by atoms with van der Waals surface area (Å²) in [5.41, 5.74) is 4.14. The summed E-state index contributed by atoms with van der Waals surface area (Å²) in [7, 11) is 0. The maximum Gasteiger partial charge on any atom is 0.227 e. The maximum absolute atomic E-state index is 12.6. The number of nitrogens with one attached hydrogen (secondary N) is 2. The first-order valence-electron chi connectivity index (χ1n) is 10.3. The quantitative estimate of drug-likeness (QED) is 0.662. The van der Waals surface area contributed by atoms with Crippen LogP contribution in [0.2, 0.25) is 0 Å². The number of nitrogens with zero attached hydrogens (tertiary/aromatic N) is 2. The molecule has 3 aromatic rings. The second-order valence-electron chi connectivity index (χ2n) is 7.70. The molecule has 1 amide bonds. The zero-order chi connectivity index (χ0) is 20.2. The van der Waals surface area contributed by atoms with Crippen molar-refractivity contribution in [1.82, 2.24) is 14.9 Å². The van der Waals surface area contributed by atoms with Crippen molar-refractivity contribution in [3.05, 3.63) is 53.9 Å². The van der Waals surface area contributed by atoms with Crippen LogP contribution < -0.4 is 10.1 Å². The monoisotopic (exact) mass is 392 g/mol. The predicted molar refractivity (Wildman–Crippen MR) is 115 cm³/mol. The topological polar surface area (TPSA) is 70.2 Å². The Hall–Kier alpha value is -2.86. The van der Waals surface area contributed by atoms with Gasteiger partial charge < -0.3 is 15.0 Å². The average Bonchev–Trinajstić information content (AvgIpc) is 3.11. The lowest BCUT2D eigenvalue weighted by Gasteiger charge is -2.30. The van der Waals surface area contributed by atoms with Crippen LogP contribution in [0.4, 0.5) is 5.69 Å². The molecular weight excluding hydrogens is 364 g/mol. The van der Waals surface area contributed by atoms with Gasteiger partial charge in [-0.25, -0.2) is 4.98 Å². The first-order valence-corrected chi connectivity index (χ1v) is 10.3. The number of benzene rings is 2. The van der Waals surface area contributed by atoms with Crippen LogP contribution in [0.5, 0.6) is 5.75 Å². The maximum atomic E-state index is 12.6. The van der Waals surface area contributed by atoms with Crippen molar-refractivity contribution < 1.29 is 9.53 Å². The molecule has 152 valence electrons. The number of amides is 1. The molecule has 1 fully saturated rings. The fraction of sp³-hybridized carbons (Fsp3) is 0.391. The Morgan fingerprint density at radius 2 is 1.97 bits per heavy atom. The van der Waals surface area contributed by atoms with Gasteiger partial charge in [-0.2, -0.15) is 0 Å². The van der Waals surface area contributed by atoms with E-state index in [0.29, 0.717) is 6.61 Å². The minimum atomic E-state index is 0.0520. The molecule has 0 saturated carbocycles. The van der Waals surface area contributed by atoms with Crippen LogP contribution in [-0.2, 0) is 11.3 Å². The van der Waals surface area contributed by atoms with E-state index in [2.05, 4.69) is 40.3 Å². The van der Waals surface area contributed by atoms with E-state index in [1.54, 1.807) is 0 Å². The number of likely N-dealkylation sites (tertiary alicyclic amines) is 1. The number of H-pyrrole nitrogens is 1. The molecule has 1 aromatic heterocycles. The highest BCUT2D eigenvalue weighted by Gasteiger charge is 2.25. The van der Waals surface area contributed by atoms with E-state index in [1.165, 1.54) is 5.56 Å². The number of fused-ring (bicyclic) bond motifs is 1. The highest BCUT2D eigenvalue weighted by Crippen LogP contribution is 2.22. The van der Waals surface area contributed by atoms with Gasteiger partial charge in [0, 0.05) is 11.6 Å². The molecule has 0 aliphatic carbocycles. The van der Waals surface area contributed by atoms with Crippen molar-refractivity contribution in [3.63, 3.8) is 0 Å². The second-order valence-corrected chi connectivity index (χ2v) is 7.70. The van der Waals surface area contributed by atoms with Crippen molar-refractivity contribution in [2.24, 2.45) is 5.92 Å². The van der Waals surface area contributed by atoms with E-state index < -0.39 is 0 Å². The van der Waals surface area contributed by atoms with Crippen LogP contribution in [0.1, 0.15) is 31.2 Å². The summed E-state index contributed by atoms with van der Waals surface area (Å²) < 4.78 is 5.44. The van der Waals surface area contributed by atoms with Gasteiger partial charge in [-0.1, -0.05) is 6.07 Å². The molecule has 1 saturated heterocycles. The molecule has 6 heteroatoms. The summed E-state index contributed by atoms with van der Waals surface area (Å²) in [5.74, 6) is 1.96. The van der Waals surface area contributed by atoms with E-state index >= 15 is 0 Å². The van der Waals surface area contributed by atoms with Crippen molar-refractivity contribution in [3.8, 4) is 5.75 Å². The molecule has 2 aromatic carbocycles. The number of ether oxygens (including phenoxy) is 1. The van der Waals surface area contributed by atoms with Gasteiger partial charge in [0.05, 0.1) is 24.2 Å². The van der Waals surface area contributed by atoms with E-state index in [4.69, 9.17) is 9.72 Å². The number of hydrogen-bond donors (Lipinski definition) is 2. The molecule has 1 aliphatic heterocycles. The van der Waals surface area contributed by atoms with E-state index in [9.17, 15) is 4.79 Å². The Bertz CT molecular complexity index is 972. The van der Waals surface area contributed by atoms with Crippen molar-refractivity contribution in [1.29, 1.82) is 0 Å². The molecule has 2 N–H and O–H groups in total. The summed E-state index contributed by atoms with van der Waals surface area (Å²) in [6.07, 6.45) is 1.73. The summed E-state index contributed by atoms with van der Waals surface area (Å²) in [5, 5.41) is 3.04. The fourth-order valence-electron chi connectivity index (χ4n) is 3.86. The molecule has 0 bridgehead atoms. The Balaban J connectivity index is 1.28. The van der Waals surface area contributed by atoms with Crippen LogP contribution >= 0.6 is 0 Å². The highest BCUT2D eigenvalue weighted by molar-refractivity contribution is 5.92. The number of aryl methyl sites for hydroxylation is 1. The van der Waals surface area contributed by atoms with Crippen LogP contribution in [-0.4, -0.2) is 40.5 Å². The summed E-state index contributed by atoms with van der Waals surface area (Å²) >= 11 is 0. The lowest BCUT2D eigenvalue weighted by Crippen LogP contribution is -2.38. The van der Waals surface area contributed by atoms with Gasteiger partial charge in [-0.05, 0) is 81.7 Å². The van der Waals surface area contributed by atoms with Gasteiger partial charge in [0.1, 0.15) is 11.6 Å². The normalized spacial score (nSPS) is 15.5. The first-order chi connectivity index (χ1) is 14.1. The molecule has 6 nitrogen and oxygen atoms in total. The smallest absolute Gasteiger partial charge is 0.227 e. The van der Waals surface area contributed by atoms with Gasteiger partial charge in [-0.15, -0.1) is 0 Å². The van der Waals surface area contributed by atoms with Crippen LogP contribution in [0.15, 0.2) is 42.5 Å². The average molecular weight is 393 g/mol. The fourth-order valence-corrected chi connectivity index (χ4v) is 3.86. The largest absolute Gasteiger partial charge is 0.494 e. The Kier molecular flexibility index (Phi) is 5.81. The number of aromatic amines is 1. The molecular formula is C23H28N4O2. The van der Waals surface area contributed by atoms with Crippen LogP contribution in [0, 0.1) is 12.8 Å². The number of imidazole rings is 1. The Morgan fingerprint density at radius 1 is 1.21 bits per heavy atom. The van der Waals surface area contributed by atoms with E-state index in [1.807, 2.05) is 31.2 Å². The molecule has 1 aliphatic rings. The zero-order valence-corrected chi connectivity index (χ0v) is 17.1. The summed E-state index contributed by atoms with van der Waals surface area (Å²) in [4.78, 5) is 23.1. The number of rotatable bonds is 6. The van der Waals surface area contributed by atoms with E-state index in [-0.39, 0.29) is 11.8 Å². The number of carbonyl (C=O) groups is 1. The number of aromatic nitrogens is 2. The van der Waals surface area contributed by atoms with Crippen LogP contribution in [0.25, 0.3) is 11.0 Å². The lowest BCUT2D eigenvalue weighted by atomic mass is 9.96. The number of hydrogen-bond acceptors (Lipinski definition) is 4. The number of carbonyl (C=O) groups excluding carboxylic acids is 1. The molecule has 0 unspecified atom stereocenters. The third-order valence-corrected chi connectivity index (χ3v) is 5.45. The van der Waals surface area contributed by atoms with E-state index in [0.717, 1.165) is 60.8 Å². The van der Waals surface area contributed by atoms with Gasteiger partial charge in [0.2, 0.25) is 5.91 Å². The summed E-state index contributed by atoms with van der Waals surface area (Å²) in [6.45, 7) is 7.27. The minimum absolute atomic E-state index is 0.0520. The van der Waals surface area contributed by atoms with Crippen molar-refractivity contribution in [2.45, 2.75) is 33.2 Å². The molecule has 0 radical (unpaired) electrons. The second kappa shape index (κ2) is 8.66. The molecule has 0 spiro atoms. The molecule has 2 heterocycles. The Labute approximate surface area is 171 Å². The van der Waals surface area contributed by atoms with Crippen molar-refractivity contribution >= 4 is 22.6 Å².